The molecule has 0 atom stereocenters. The summed E-state index contributed by atoms with van der Waals surface area (Å²) < 4.78 is 1.03. The molecule has 15 heavy (non-hydrogen) atoms. The maximum Gasteiger partial charge on any atom is 1.00 e. The molecule has 3 nitrogen and oxygen atoms in total. The first kappa shape index (κ1) is 21.5. The van der Waals surface area contributed by atoms with Gasteiger partial charge in [-0.2, -0.15) is 0 Å². The summed E-state index contributed by atoms with van der Waals surface area (Å²) in [5.74, 6) is 0. The maximum atomic E-state index is 10.8. The van der Waals surface area contributed by atoms with Gasteiger partial charge in [0.1, 0.15) is 5.30 Å². The molecule has 0 amide bonds. The van der Waals surface area contributed by atoms with E-state index in [0.29, 0.717) is 4.47 Å². The third kappa shape index (κ3) is 6.48. The Bertz CT molecular complexity index is 345. The zero-order valence-electron chi connectivity index (χ0n) is 7.96. The Morgan fingerprint density at radius 3 is 1.60 bits per heavy atom. The smallest absolute Gasteiger partial charge is 0.683 e. The number of hydrogen-bond acceptors (Lipinski definition) is 3. The molecule has 0 fully saturated rings. The molecule has 0 aliphatic carbocycles. The predicted octanol–water partition coefficient (Wildman–Crippen LogP) is -5.55. The SMILES string of the molecule is [K+].[K+].[O-][P+]([O-])([O-])c1c(Br)ccc(Br)c1Br. The first-order valence-electron chi connectivity index (χ1n) is 3.00. The van der Waals surface area contributed by atoms with Crippen LogP contribution < -0.4 is 123 Å². The Morgan fingerprint density at radius 2 is 1.27 bits per heavy atom. The molecular formula is C6H2Br3K2O3P. The second-order valence-corrected chi connectivity index (χ2v) is 6.13. The zero-order valence-corrected chi connectivity index (χ0v) is 19.9. The van der Waals surface area contributed by atoms with Crippen LogP contribution in [-0.4, -0.2) is 0 Å². The van der Waals surface area contributed by atoms with Crippen LogP contribution in [0.4, 0.5) is 0 Å². The van der Waals surface area contributed by atoms with Gasteiger partial charge in [0, 0.05) is 4.47 Å². The first-order valence-corrected chi connectivity index (χ1v) is 6.92. The molecular weight excluding hydrogens is 469 g/mol. The third-order valence-corrected chi connectivity index (χ3v) is 5.60. The van der Waals surface area contributed by atoms with Crippen molar-refractivity contribution in [3.63, 3.8) is 0 Å². The van der Waals surface area contributed by atoms with Crippen LogP contribution in [0.5, 0.6) is 0 Å². The average Bonchev–Trinajstić information content (AvgIpc) is 1.95. The number of benzene rings is 1. The van der Waals surface area contributed by atoms with Crippen molar-refractivity contribution >= 4 is 61.0 Å². The summed E-state index contributed by atoms with van der Waals surface area (Å²) in [5, 5.41) is -0.262. The Labute approximate surface area is 199 Å². The molecule has 0 spiro atoms. The van der Waals surface area contributed by atoms with Gasteiger partial charge in [-0.3, -0.25) is 0 Å². The van der Waals surface area contributed by atoms with Crippen molar-refractivity contribution in [1.82, 2.24) is 0 Å². The van der Waals surface area contributed by atoms with Crippen molar-refractivity contribution in [2.45, 2.75) is 0 Å². The van der Waals surface area contributed by atoms with E-state index in [1.54, 1.807) is 6.07 Å². The molecule has 0 saturated carbocycles. The normalized spacial score (nSPS) is 10.3. The van der Waals surface area contributed by atoms with Crippen LogP contribution in [0.1, 0.15) is 0 Å². The van der Waals surface area contributed by atoms with Crippen molar-refractivity contribution in [1.29, 1.82) is 0 Å². The van der Waals surface area contributed by atoms with E-state index in [4.69, 9.17) is 0 Å². The van der Waals surface area contributed by atoms with Gasteiger partial charge in [0.15, 0.2) is 0 Å². The fourth-order valence-electron chi connectivity index (χ4n) is 0.767. The summed E-state index contributed by atoms with van der Waals surface area (Å²) in [6.45, 7) is 0. The van der Waals surface area contributed by atoms with Crippen molar-refractivity contribution in [2.75, 3.05) is 0 Å². The van der Waals surface area contributed by atoms with Gasteiger partial charge in [-0.15, -0.1) is 7.94 Å². The molecule has 1 rings (SSSR count). The van der Waals surface area contributed by atoms with E-state index in [2.05, 4.69) is 47.8 Å². The van der Waals surface area contributed by atoms with Crippen LogP contribution in [0.3, 0.4) is 0 Å². The number of hydrogen-bond donors (Lipinski definition) is 0. The fraction of sp³-hybridized carbons (Fsp3) is 0. The Kier molecular flexibility index (Phi) is 13.3. The van der Waals surface area contributed by atoms with E-state index < -0.39 is 7.94 Å². The molecule has 0 saturated heterocycles. The zero-order chi connectivity index (χ0) is 10.2. The van der Waals surface area contributed by atoms with Gasteiger partial charge in [-0.25, -0.2) is 0 Å². The summed E-state index contributed by atoms with van der Waals surface area (Å²) >= 11 is 9.12. The van der Waals surface area contributed by atoms with E-state index >= 15 is 0 Å². The molecule has 1 aromatic carbocycles. The minimum Gasteiger partial charge on any atom is -0.683 e. The van der Waals surface area contributed by atoms with Gasteiger partial charge >= 0.3 is 103 Å². The molecule has 0 aliphatic heterocycles. The second-order valence-electron chi connectivity index (χ2n) is 2.19. The van der Waals surface area contributed by atoms with Crippen LogP contribution >= 0.6 is 55.7 Å². The predicted molar refractivity (Wildman–Crippen MR) is 56.1 cm³/mol. The van der Waals surface area contributed by atoms with Crippen molar-refractivity contribution in [2.24, 2.45) is 0 Å². The average molecular weight is 471 g/mol. The summed E-state index contributed by atoms with van der Waals surface area (Å²) in [7, 11) is -4.74. The molecule has 0 unspecified atom stereocenters. The van der Waals surface area contributed by atoms with Crippen LogP contribution in [0.15, 0.2) is 25.6 Å². The molecule has 72 valence electrons. The van der Waals surface area contributed by atoms with Gasteiger partial charge in [0.2, 0.25) is 0 Å². The van der Waals surface area contributed by atoms with Gasteiger partial charge in [0.25, 0.3) is 0 Å². The summed E-state index contributed by atoms with van der Waals surface area (Å²) in [5.41, 5.74) is 0. The summed E-state index contributed by atoms with van der Waals surface area (Å²) in [4.78, 5) is 32.5. The van der Waals surface area contributed by atoms with Crippen molar-refractivity contribution in [3.05, 3.63) is 25.6 Å². The van der Waals surface area contributed by atoms with E-state index in [9.17, 15) is 14.7 Å². The molecule has 0 radical (unpaired) electrons. The second kappa shape index (κ2) is 9.23. The maximum absolute atomic E-state index is 10.8. The molecule has 0 aliphatic rings. The number of rotatable bonds is 1. The van der Waals surface area contributed by atoms with Crippen LogP contribution in [0, 0.1) is 0 Å². The Hall–Kier alpha value is 4.24. The molecule has 0 bridgehead atoms. The minimum absolute atomic E-state index is 0. The summed E-state index contributed by atoms with van der Waals surface area (Å²) in [6.07, 6.45) is 0. The van der Waals surface area contributed by atoms with Crippen LogP contribution in [0.2, 0.25) is 0 Å². The Balaban J connectivity index is 0. The van der Waals surface area contributed by atoms with Crippen molar-refractivity contribution < 1.29 is 117 Å². The first-order chi connectivity index (χ1) is 5.84. The molecule has 0 N–H and O–H groups in total. The monoisotopic (exact) mass is 468 g/mol. The quantitative estimate of drug-likeness (QED) is 0.233. The molecule has 0 aromatic heterocycles. The molecule has 9 heteroatoms. The van der Waals surface area contributed by atoms with Crippen molar-refractivity contribution in [3.8, 4) is 0 Å². The standard InChI is InChI=1S/C6H4Br3O3P.2K/c7-3-1-2-4(8)6(5(3)9)13(10,11)12;;/h1-2H,(H2,10,11,12);;/q;2*+1/p-2. The van der Waals surface area contributed by atoms with Crippen LogP contribution in [0.25, 0.3) is 0 Å². The molecule has 1 aromatic rings. The topological polar surface area (TPSA) is 69.2 Å². The Morgan fingerprint density at radius 1 is 0.867 bits per heavy atom. The van der Waals surface area contributed by atoms with Crippen LogP contribution in [-0.2, 0) is 0 Å². The number of halogens is 3. The summed E-state index contributed by atoms with van der Waals surface area (Å²) in [6, 6.07) is 3.12. The third-order valence-electron chi connectivity index (χ3n) is 1.29. The minimum atomic E-state index is -4.74. The van der Waals surface area contributed by atoms with E-state index in [1.165, 1.54) is 6.07 Å². The van der Waals surface area contributed by atoms with E-state index in [1.807, 2.05) is 0 Å². The van der Waals surface area contributed by atoms with Gasteiger partial charge < -0.3 is 14.7 Å². The molecule has 0 heterocycles. The van der Waals surface area contributed by atoms with Gasteiger partial charge in [0.05, 0.1) is 8.95 Å². The fourth-order valence-corrected chi connectivity index (χ4v) is 4.19. The van der Waals surface area contributed by atoms with E-state index in [0.717, 1.165) is 0 Å². The van der Waals surface area contributed by atoms with E-state index in [-0.39, 0.29) is 117 Å². The van der Waals surface area contributed by atoms with Gasteiger partial charge in [-0.1, -0.05) is 0 Å². The van der Waals surface area contributed by atoms with Gasteiger partial charge in [-0.05, 0) is 59.9 Å². The largest absolute Gasteiger partial charge is 1.00 e.